The van der Waals surface area contributed by atoms with Gasteiger partial charge in [-0.2, -0.15) is 0 Å². The summed E-state index contributed by atoms with van der Waals surface area (Å²) < 4.78 is 5.88. The molecule has 1 aromatic heterocycles. The second kappa shape index (κ2) is 8.67. The van der Waals surface area contributed by atoms with Gasteiger partial charge in [0.2, 0.25) is 0 Å². The maximum Gasteiger partial charge on any atom is 0.321 e. The van der Waals surface area contributed by atoms with Crippen molar-refractivity contribution < 1.29 is 9.53 Å². The number of aromatic nitrogens is 1. The Morgan fingerprint density at radius 3 is 2.46 bits per heavy atom. The third-order valence-electron chi connectivity index (χ3n) is 3.93. The second-order valence-electron chi connectivity index (χ2n) is 5.87. The molecule has 1 heterocycles. The van der Waals surface area contributed by atoms with E-state index in [1.165, 1.54) is 0 Å². The van der Waals surface area contributed by atoms with Crippen LogP contribution in [0.15, 0.2) is 79.1 Å². The lowest BCUT2D eigenvalue weighted by Crippen LogP contribution is -2.33. The van der Waals surface area contributed by atoms with Gasteiger partial charge in [-0.05, 0) is 48.4 Å². The highest BCUT2D eigenvalue weighted by Crippen LogP contribution is 2.29. The first kappa shape index (κ1) is 17.5. The molecule has 0 saturated carbocycles. The van der Waals surface area contributed by atoms with Crippen molar-refractivity contribution in [2.45, 2.75) is 6.42 Å². The Morgan fingerprint density at radius 2 is 1.69 bits per heavy atom. The molecule has 0 atom stereocenters. The molecule has 0 bridgehead atoms. The van der Waals surface area contributed by atoms with Gasteiger partial charge in [0.1, 0.15) is 5.75 Å². The van der Waals surface area contributed by atoms with E-state index >= 15 is 0 Å². The molecule has 0 saturated heterocycles. The van der Waals surface area contributed by atoms with E-state index in [9.17, 15) is 4.79 Å². The van der Waals surface area contributed by atoms with Crippen LogP contribution in [-0.2, 0) is 6.42 Å². The van der Waals surface area contributed by atoms with Crippen LogP contribution in [0.4, 0.5) is 10.5 Å². The fourth-order valence-electron chi connectivity index (χ4n) is 2.43. The van der Waals surface area contributed by atoms with Crippen molar-refractivity contribution >= 4 is 11.7 Å². The number of hydrogen-bond donors (Lipinski definition) is 1. The molecule has 26 heavy (non-hydrogen) atoms. The standard InChI is InChI=1S/C21H21N3O2/c1-24(16-13-17-11-14-22-15-12-17)21(25)23-19-9-5-6-10-20(19)26-18-7-3-2-4-8-18/h2-12,14-15H,13,16H2,1H3,(H,23,25). The Bertz CT molecular complexity index is 838. The van der Waals surface area contributed by atoms with Gasteiger partial charge >= 0.3 is 6.03 Å². The van der Waals surface area contributed by atoms with Crippen molar-refractivity contribution in [3.8, 4) is 11.5 Å². The van der Waals surface area contributed by atoms with E-state index in [1.807, 2.05) is 66.7 Å². The number of benzene rings is 2. The predicted octanol–water partition coefficient (Wildman–Crippen LogP) is 4.58. The lowest BCUT2D eigenvalue weighted by atomic mass is 10.2. The quantitative estimate of drug-likeness (QED) is 0.710. The molecule has 0 aliphatic heterocycles. The molecule has 5 heteroatoms. The van der Waals surface area contributed by atoms with E-state index in [2.05, 4.69) is 10.3 Å². The molecule has 0 spiro atoms. The lowest BCUT2D eigenvalue weighted by Gasteiger charge is -2.19. The lowest BCUT2D eigenvalue weighted by molar-refractivity contribution is 0.223. The number of amides is 2. The van der Waals surface area contributed by atoms with Crippen LogP contribution < -0.4 is 10.1 Å². The van der Waals surface area contributed by atoms with Gasteiger partial charge in [-0.25, -0.2) is 4.79 Å². The van der Waals surface area contributed by atoms with Crippen LogP contribution in [0.3, 0.4) is 0 Å². The number of carbonyl (C=O) groups excluding carboxylic acids is 1. The number of hydrogen-bond acceptors (Lipinski definition) is 3. The van der Waals surface area contributed by atoms with Gasteiger partial charge in [0.05, 0.1) is 5.69 Å². The number of urea groups is 1. The van der Waals surface area contributed by atoms with Gasteiger partial charge < -0.3 is 15.0 Å². The number of nitrogens with one attached hydrogen (secondary N) is 1. The zero-order valence-electron chi connectivity index (χ0n) is 14.6. The maximum absolute atomic E-state index is 12.5. The number of ether oxygens (including phenoxy) is 1. The molecule has 0 aliphatic rings. The molecular formula is C21H21N3O2. The molecular weight excluding hydrogens is 326 g/mol. The number of pyridine rings is 1. The molecule has 0 radical (unpaired) electrons. The second-order valence-corrected chi connectivity index (χ2v) is 5.87. The molecule has 132 valence electrons. The summed E-state index contributed by atoms with van der Waals surface area (Å²) in [5, 5.41) is 2.92. The third kappa shape index (κ3) is 4.83. The summed E-state index contributed by atoms with van der Waals surface area (Å²) in [4.78, 5) is 18.1. The molecule has 0 fully saturated rings. The van der Waals surface area contributed by atoms with Crippen molar-refractivity contribution in [3.05, 3.63) is 84.7 Å². The highest BCUT2D eigenvalue weighted by Gasteiger charge is 2.12. The van der Waals surface area contributed by atoms with Gasteiger partial charge in [-0.15, -0.1) is 0 Å². The molecule has 0 unspecified atom stereocenters. The van der Waals surface area contributed by atoms with Gasteiger partial charge in [0.25, 0.3) is 0 Å². The highest BCUT2D eigenvalue weighted by atomic mass is 16.5. The summed E-state index contributed by atoms with van der Waals surface area (Å²) in [7, 11) is 1.77. The minimum atomic E-state index is -0.178. The predicted molar refractivity (Wildman–Crippen MR) is 103 cm³/mol. The molecule has 1 N–H and O–H groups in total. The van der Waals surface area contributed by atoms with Crippen LogP contribution in [0.1, 0.15) is 5.56 Å². The summed E-state index contributed by atoms with van der Waals surface area (Å²) in [6.07, 6.45) is 4.29. The first-order chi connectivity index (χ1) is 12.7. The van der Waals surface area contributed by atoms with Crippen molar-refractivity contribution in [1.82, 2.24) is 9.88 Å². The van der Waals surface area contributed by atoms with E-state index in [4.69, 9.17) is 4.74 Å². The molecule has 2 amide bonds. The number of rotatable bonds is 6. The zero-order chi connectivity index (χ0) is 18.2. The van der Waals surface area contributed by atoms with E-state index in [-0.39, 0.29) is 6.03 Å². The Kier molecular flexibility index (Phi) is 5.83. The minimum absolute atomic E-state index is 0.178. The summed E-state index contributed by atoms with van der Waals surface area (Å²) in [5.74, 6) is 1.33. The van der Waals surface area contributed by atoms with Gasteiger partial charge in [-0.1, -0.05) is 30.3 Å². The van der Waals surface area contributed by atoms with Crippen LogP contribution in [0.25, 0.3) is 0 Å². The topological polar surface area (TPSA) is 54.5 Å². The number of likely N-dealkylation sites (N-methyl/N-ethyl adjacent to an activating group) is 1. The van der Waals surface area contributed by atoms with E-state index < -0.39 is 0 Å². The van der Waals surface area contributed by atoms with Crippen molar-refractivity contribution in [2.24, 2.45) is 0 Å². The van der Waals surface area contributed by atoms with Gasteiger partial charge in [0.15, 0.2) is 5.75 Å². The first-order valence-electron chi connectivity index (χ1n) is 8.45. The Balaban J connectivity index is 1.62. The SMILES string of the molecule is CN(CCc1ccncc1)C(=O)Nc1ccccc1Oc1ccccc1. The summed E-state index contributed by atoms with van der Waals surface area (Å²) in [5.41, 5.74) is 1.78. The fourth-order valence-corrected chi connectivity index (χ4v) is 2.43. The minimum Gasteiger partial charge on any atom is -0.455 e. The average Bonchev–Trinajstić information content (AvgIpc) is 2.69. The van der Waals surface area contributed by atoms with Crippen molar-refractivity contribution in [2.75, 3.05) is 18.9 Å². The number of para-hydroxylation sites is 3. The fraction of sp³-hybridized carbons (Fsp3) is 0.143. The zero-order valence-corrected chi connectivity index (χ0v) is 14.6. The molecule has 3 aromatic rings. The number of nitrogens with zero attached hydrogens (tertiary/aromatic N) is 2. The van der Waals surface area contributed by atoms with E-state index in [1.54, 1.807) is 24.3 Å². The summed E-state index contributed by atoms with van der Waals surface area (Å²) in [6.45, 7) is 0.609. The number of carbonyl (C=O) groups is 1. The molecule has 2 aromatic carbocycles. The average molecular weight is 347 g/mol. The van der Waals surface area contributed by atoms with Crippen LogP contribution in [0.5, 0.6) is 11.5 Å². The van der Waals surface area contributed by atoms with Gasteiger partial charge in [0, 0.05) is 26.0 Å². The Morgan fingerprint density at radius 1 is 1.00 bits per heavy atom. The number of anilines is 1. The monoisotopic (exact) mass is 347 g/mol. The maximum atomic E-state index is 12.5. The van der Waals surface area contributed by atoms with E-state index in [0.717, 1.165) is 17.7 Å². The van der Waals surface area contributed by atoms with Crippen molar-refractivity contribution in [3.63, 3.8) is 0 Å². The van der Waals surface area contributed by atoms with Crippen LogP contribution in [0.2, 0.25) is 0 Å². The Hall–Kier alpha value is -3.34. The van der Waals surface area contributed by atoms with Gasteiger partial charge in [-0.3, -0.25) is 4.98 Å². The highest BCUT2D eigenvalue weighted by molar-refractivity contribution is 5.90. The Labute approximate surface area is 153 Å². The molecule has 3 rings (SSSR count). The first-order valence-corrected chi connectivity index (χ1v) is 8.45. The normalized spacial score (nSPS) is 10.2. The largest absolute Gasteiger partial charge is 0.455 e. The smallest absolute Gasteiger partial charge is 0.321 e. The molecule has 0 aliphatic carbocycles. The summed E-state index contributed by atoms with van der Waals surface area (Å²) >= 11 is 0. The molecule has 5 nitrogen and oxygen atoms in total. The van der Waals surface area contributed by atoms with Crippen LogP contribution in [0, 0.1) is 0 Å². The van der Waals surface area contributed by atoms with Crippen LogP contribution in [-0.4, -0.2) is 29.5 Å². The third-order valence-corrected chi connectivity index (χ3v) is 3.93. The summed E-state index contributed by atoms with van der Waals surface area (Å²) in [6, 6.07) is 20.6. The van der Waals surface area contributed by atoms with Crippen LogP contribution >= 0.6 is 0 Å². The van der Waals surface area contributed by atoms with E-state index in [0.29, 0.717) is 18.0 Å². The van der Waals surface area contributed by atoms with Crippen molar-refractivity contribution in [1.29, 1.82) is 0 Å².